The molecule has 0 atom stereocenters. The van der Waals surface area contributed by atoms with E-state index in [0.29, 0.717) is 25.7 Å². The van der Waals surface area contributed by atoms with Crippen LogP contribution >= 0.6 is 0 Å². The number of methoxy groups -OCH3 is 1. The first-order chi connectivity index (χ1) is 9.21. The Morgan fingerprint density at radius 3 is 2.25 bits per heavy atom. The molecule has 0 spiro atoms. The zero-order valence-electron chi connectivity index (χ0n) is 12.7. The third kappa shape index (κ3) is 4.67. The van der Waals surface area contributed by atoms with Crippen LogP contribution < -0.4 is 5.32 Å². The van der Waals surface area contributed by atoms with Gasteiger partial charge in [-0.15, -0.1) is 0 Å². The van der Waals surface area contributed by atoms with E-state index in [2.05, 4.69) is 5.32 Å². The Kier molecular flexibility index (Phi) is 5.39. The van der Waals surface area contributed by atoms with Crippen LogP contribution in [0.4, 0.5) is 4.79 Å². The summed E-state index contributed by atoms with van der Waals surface area (Å²) >= 11 is 0. The molecule has 1 aliphatic rings. The van der Waals surface area contributed by atoms with Crippen LogP contribution in [0.15, 0.2) is 0 Å². The second kappa shape index (κ2) is 6.43. The molecule has 1 fully saturated rings. The average Bonchev–Trinajstić information content (AvgIpc) is 2.36. The Morgan fingerprint density at radius 1 is 1.30 bits per heavy atom. The highest BCUT2D eigenvalue weighted by molar-refractivity contribution is 5.72. The number of aliphatic hydroxyl groups excluding tert-OH is 1. The van der Waals surface area contributed by atoms with Crippen LogP contribution in [0, 0.1) is 5.92 Å². The minimum atomic E-state index is -0.702. The maximum Gasteiger partial charge on any atom is 0.408 e. The largest absolute Gasteiger partial charge is 0.469 e. The van der Waals surface area contributed by atoms with Gasteiger partial charge in [0.2, 0.25) is 0 Å². The predicted octanol–water partition coefficient (Wildman–Crippen LogP) is 1.61. The smallest absolute Gasteiger partial charge is 0.408 e. The highest BCUT2D eigenvalue weighted by Crippen LogP contribution is 2.32. The maximum absolute atomic E-state index is 11.8. The number of rotatable bonds is 3. The van der Waals surface area contributed by atoms with Crippen LogP contribution in [0.5, 0.6) is 0 Å². The SMILES string of the molecule is COC(=O)C1CCC(CO)(NC(=O)OC(C)(C)C)CC1. The summed E-state index contributed by atoms with van der Waals surface area (Å²) in [5.41, 5.74) is -1.28. The molecular weight excluding hydrogens is 262 g/mol. The first-order valence-electron chi connectivity index (χ1n) is 6.91. The number of hydrogen-bond donors (Lipinski definition) is 2. The molecule has 1 amide bonds. The zero-order chi connectivity index (χ0) is 15.4. The maximum atomic E-state index is 11.8. The summed E-state index contributed by atoms with van der Waals surface area (Å²) in [5, 5.41) is 12.3. The van der Waals surface area contributed by atoms with Gasteiger partial charge in [0.25, 0.3) is 0 Å². The number of nitrogens with one attached hydrogen (secondary N) is 1. The summed E-state index contributed by atoms with van der Waals surface area (Å²) in [5.74, 6) is -0.381. The summed E-state index contributed by atoms with van der Waals surface area (Å²) in [6.07, 6.45) is 1.69. The lowest BCUT2D eigenvalue weighted by atomic mass is 9.77. The molecule has 6 heteroatoms. The fraction of sp³-hybridized carbons (Fsp3) is 0.857. The van der Waals surface area contributed by atoms with E-state index < -0.39 is 17.2 Å². The fourth-order valence-corrected chi connectivity index (χ4v) is 2.42. The number of alkyl carbamates (subject to hydrolysis) is 1. The summed E-state index contributed by atoms with van der Waals surface area (Å²) in [6.45, 7) is 5.19. The minimum absolute atomic E-state index is 0.153. The molecule has 2 N–H and O–H groups in total. The van der Waals surface area contributed by atoms with E-state index in [9.17, 15) is 14.7 Å². The van der Waals surface area contributed by atoms with Gasteiger partial charge in [0.05, 0.1) is 25.2 Å². The molecule has 6 nitrogen and oxygen atoms in total. The molecule has 1 aliphatic carbocycles. The van der Waals surface area contributed by atoms with Crippen LogP contribution in [0.2, 0.25) is 0 Å². The highest BCUT2D eigenvalue weighted by Gasteiger charge is 2.39. The van der Waals surface area contributed by atoms with E-state index in [4.69, 9.17) is 9.47 Å². The first-order valence-corrected chi connectivity index (χ1v) is 6.91. The molecule has 0 aliphatic heterocycles. The molecular formula is C14H25NO5. The van der Waals surface area contributed by atoms with Crippen molar-refractivity contribution in [3.63, 3.8) is 0 Å². The third-order valence-electron chi connectivity index (χ3n) is 3.55. The molecule has 116 valence electrons. The van der Waals surface area contributed by atoms with Gasteiger partial charge >= 0.3 is 12.1 Å². The van der Waals surface area contributed by atoms with Crippen molar-refractivity contribution in [3.8, 4) is 0 Å². The van der Waals surface area contributed by atoms with Gasteiger partial charge in [0.15, 0.2) is 0 Å². The van der Waals surface area contributed by atoms with Gasteiger partial charge < -0.3 is 19.9 Å². The van der Waals surface area contributed by atoms with Gasteiger partial charge in [0, 0.05) is 0 Å². The Hall–Kier alpha value is -1.30. The van der Waals surface area contributed by atoms with E-state index >= 15 is 0 Å². The molecule has 0 aromatic rings. The summed E-state index contributed by atoms with van der Waals surface area (Å²) in [7, 11) is 1.37. The van der Waals surface area contributed by atoms with Gasteiger partial charge in [-0.25, -0.2) is 4.79 Å². The van der Waals surface area contributed by atoms with Crippen molar-refractivity contribution in [1.29, 1.82) is 0 Å². The minimum Gasteiger partial charge on any atom is -0.469 e. The van der Waals surface area contributed by atoms with Crippen LogP contribution in [-0.4, -0.2) is 42.0 Å². The summed E-state index contributed by atoms with van der Waals surface area (Å²) in [6, 6.07) is 0. The number of carbonyl (C=O) groups excluding carboxylic acids is 2. The van der Waals surface area contributed by atoms with Crippen LogP contribution in [0.3, 0.4) is 0 Å². The third-order valence-corrected chi connectivity index (χ3v) is 3.55. The summed E-state index contributed by atoms with van der Waals surface area (Å²) in [4.78, 5) is 23.3. The number of hydrogen-bond acceptors (Lipinski definition) is 5. The Morgan fingerprint density at radius 2 is 1.85 bits per heavy atom. The van der Waals surface area contributed by atoms with Gasteiger partial charge in [-0.05, 0) is 46.5 Å². The lowest BCUT2D eigenvalue weighted by Crippen LogP contribution is -2.54. The number of amides is 1. The highest BCUT2D eigenvalue weighted by atomic mass is 16.6. The number of ether oxygens (including phenoxy) is 2. The molecule has 20 heavy (non-hydrogen) atoms. The van der Waals surface area contributed by atoms with Crippen molar-refractivity contribution in [2.45, 2.75) is 57.6 Å². The molecule has 0 aromatic carbocycles. The topological polar surface area (TPSA) is 84.9 Å². The van der Waals surface area contributed by atoms with E-state index in [1.165, 1.54) is 7.11 Å². The van der Waals surface area contributed by atoms with Crippen molar-refractivity contribution >= 4 is 12.1 Å². The monoisotopic (exact) mass is 287 g/mol. The van der Waals surface area contributed by atoms with Crippen molar-refractivity contribution in [1.82, 2.24) is 5.32 Å². The van der Waals surface area contributed by atoms with Crippen molar-refractivity contribution in [3.05, 3.63) is 0 Å². The van der Waals surface area contributed by atoms with E-state index in [1.54, 1.807) is 20.8 Å². The zero-order valence-corrected chi connectivity index (χ0v) is 12.7. The molecule has 1 rings (SSSR count). The summed E-state index contributed by atoms with van der Waals surface area (Å²) < 4.78 is 9.93. The second-order valence-electron chi connectivity index (χ2n) is 6.36. The number of aliphatic hydroxyl groups is 1. The molecule has 0 bridgehead atoms. The lowest BCUT2D eigenvalue weighted by Gasteiger charge is -2.38. The molecule has 1 saturated carbocycles. The second-order valence-corrected chi connectivity index (χ2v) is 6.36. The molecule has 0 radical (unpaired) electrons. The normalized spacial score (nSPS) is 26.8. The van der Waals surface area contributed by atoms with Gasteiger partial charge in [-0.2, -0.15) is 0 Å². The number of esters is 1. The Labute approximate surface area is 119 Å². The molecule has 0 saturated heterocycles. The van der Waals surface area contributed by atoms with Crippen molar-refractivity contribution < 1.29 is 24.2 Å². The first kappa shape index (κ1) is 16.8. The van der Waals surface area contributed by atoms with Gasteiger partial charge in [-0.3, -0.25) is 4.79 Å². The van der Waals surface area contributed by atoms with E-state index in [0.717, 1.165) is 0 Å². The lowest BCUT2D eigenvalue weighted by molar-refractivity contribution is -0.147. The van der Waals surface area contributed by atoms with Crippen molar-refractivity contribution in [2.75, 3.05) is 13.7 Å². The standard InChI is InChI=1S/C14H25NO5/c1-13(2,3)20-12(18)15-14(9-16)7-5-10(6-8-14)11(17)19-4/h10,16H,5-9H2,1-4H3,(H,15,18). The molecule has 0 aromatic heterocycles. The predicted molar refractivity (Wildman–Crippen MR) is 73.2 cm³/mol. The Balaban J connectivity index is 2.58. The molecule has 0 heterocycles. The Bertz CT molecular complexity index is 353. The average molecular weight is 287 g/mol. The molecule has 0 unspecified atom stereocenters. The quantitative estimate of drug-likeness (QED) is 0.770. The van der Waals surface area contributed by atoms with Crippen LogP contribution in [-0.2, 0) is 14.3 Å². The van der Waals surface area contributed by atoms with Crippen molar-refractivity contribution in [2.24, 2.45) is 5.92 Å². The van der Waals surface area contributed by atoms with Gasteiger partial charge in [0.1, 0.15) is 5.60 Å². The number of carbonyl (C=O) groups is 2. The van der Waals surface area contributed by atoms with Crippen LogP contribution in [0.25, 0.3) is 0 Å². The van der Waals surface area contributed by atoms with E-state index in [1.807, 2.05) is 0 Å². The van der Waals surface area contributed by atoms with E-state index in [-0.39, 0.29) is 18.5 Å². The fourth-order valence-electron chi connectivity index (χ4n) is 2.42. The van der Waals surface area contributed by atoms with Gasteiger partial charge in [-0.1, -0.05) is 0 Å². The van der Waals surface area contributed by atoms with Crippen LogP contribution in [0.1, 0.15) is 46.5 Å².